The van der Waals surface area contributed by atoms with Crippen LogP contribution in [0.25, 0.3) is 0 Å². The van der Waals surface area contributed by atoms with E-state index >= 15 is 0 Å². The van der Waals surface area contributed by atoms with Gasteiger partial charge < -0.3 is 14.7 Å². The van der Waals surface area contributed by atoms with E-state index in [-0.39, 0.29) is 30.8 Å². The van der Waals surface area contributed by atoms with Gasteiger partial charge in [0.25, 0.3) is 0 Å². The van der Waals surface area contributed by atoms with E-state index in [0.717, 1.165) is 44.5 Å². The second kappa shape index (κ2) is 10.7. The van der Waals surface area contributed by atoms with Gasteiger partial charge in [0.15, 0.2) is 11.6 Å². The van der Waals surface area contributed by atoms with Gasteiger partial charge >= 0.3 is 5.97 Å². The van der Waals surface area contributed by atoms with E-state index in [1.807, 2.05) is 0 Å². The van der Waals surface area contributed by atoms with Gasteiger partial charge in [0.1, 0.15) is 5.82 Å². The van der Waals surface area contributed by atoms with Gasteiger partial charge in [0, 0.05) is 25.6 Å². The average Bonchev–Trinajstić information content (AvgIpc) is 2.75. The Labute approximate surface area is 185 Å². The predicted molar refractivity (Wildman–Crippen MR) is 114 cm³/mol. The zero-order chi connectivity index (χ0) is 22.4. The van der Waals surface area contributed by atoms with E-state index in [4.69, 9.17) is 21.4 Å². The quantitative estimate of drug-likeness (QED) is 0.590. The number of benzene rings is 1. The summed E-state index contributed by atoms with van der Waals surface area (Å²) in [6, 6.07) is 2.02. The molecule has 0 saturated carbocycles. The van der Waals surface area contributed by atoms with Crippen molar-refractivity contribution in [2.75, 3.05) is 24.6 Å². The minimum absolute atomic E-state index is 0.0389. The smallest absolute Gasteiger partial charge is 0.303 e. The lowest BCUT2D eigenvalue weighted by Crippen LogP contribution is -2.36. The van der Waals surface area contributed by atoms with Crippen molar-refractivity contribution in [1.29, 1.82) is 0 Å². The molecular formula is C22H26ClF2N3O3. The predicted octanol–water partition coefficient (Wildman–Crippen LogP) is 4.75. The average molecular weight is 454 g/mol. The lowest BCUT2D eigenvalue weighted by molar-refractivity contribution is -0.136. The molecule has 0 amide bonds. The largest absolute Gasteiger partial charge is 0.490 e. The van der Waals surface area contributed by atoms with Crippen LogP contribution in [-0.2, 0) is 11.2 Å². The number of carbonyl (C=O) groups is 1. The molecule has 1 aliphatic rings. The molecule has 2 heterocycles. The van der Waals surface area contributed by atoms with Gasteiger partial charge in [-0.1, -0.05) is 18.5 Å². The van der Waals surface area contributed by atoms with Crippen LogP contribution in [-0.4, -0.2) is 40.7 Å². The van der Waals surface area contributed by atoms with Gasteiger partial charge in [-0.25, -0.2) is 18.7 Å². The van der Waals surface area contributed by atoms with Crippen LogP contribution >= 0.6 is 11.6 Å². The number of ether oxygens (including phenoxy) is 1. The summed E-state index contributed by atoms with van der Waals surface area (Å²) in [6.45, 7) is 4.14. The lowest BCUT2D eigenvalue weighted by atomic mass is 9.84. The molecule has 1 aromatic heterocycles. The first-order chi connectivity index (χ1) is 14.8. The molecule has 6 nitrogen and oxygen atoms in total. The van der Waals surface area contributed by atoms with Crippen molar-refractivity contribution in [3.8, 4) is 5.75 Å². The Kier molecular flexibility index (Phi) is 8.01. The summed E-state index contributed by atoms with van der Waals surface area (Å²) in [4.78, 5) is 21.3. The number of aryl methyl sites for hydroxylation is 1. The van der Waals surface area contributed by atoms with Gasteiger partial charge in [-0.2, -0.15) is 0 Å². The highest BCUT2D eigenvalue weighted by atomic mass is 35.5. The van der Waals surface area contributed by atoms with E-state index in [0.29, 0.717) is 22.8 Å². The summed E-state index contributed by atoms with van der Waals surface area (Å²) in [5.74, 6) is -0.960. The third-order valence-electron chi connectivity index (χ3n) is 5.77. The molecule has 2 aromatic rings. The normalized spacial score (nSPS) is 15.7. The summed E-state index contributed by atoms with van der Waals surface area (Å²) < 4.78 is 33.8. The fraction of sp³-hybridized carbons (Fsp3) is 0.500. The van der Waals surface area contributed by atoms with Crippen LogP contribution in [0.15, 0.2) is 24.5 Å². The number of carboxylic acid groups (broad SMARTS) is 1. The van der Waals surface area contributed by atoms with E-state index < -0.39 is 17.6 Å². The number of carboxylic acids is 1. The number of rotatable bonds is 9. The van der Waals surface area contributed by atoms with E-state index in [1.54, 1.807) is 12.4 Å². The molecule has 1 aliphatic heterocycles. The van der Waals surface area contributed by atoms with Crippen LogP contribution in [0.1, 0.15) is 38.2 Å². The highest BCUT2D eigenvalue weighted by Crippen LogP contribution is 2.29. The third-order valence-corrected chi connectivity index (χ3v) is 5.97. The molecule has 0 spiro atoms. The Morgan fingerprint density at radius 1 is 1.26 bits per heavy atom. The summed E-state index contributed by atoms with van der Waals surface area (Å²) in [7, 11) is 0. The van der Waals surface area contributed by atoms with Gasteiger partial charge in [-0.05, 0) is 49.1 Å². The van der Waals surface area contributed by atoms with Crippen molar-refractivity contribution in [2.24, 2.45) is 11.8 Å². The van der Waals surface area contributed by atoms with Gasteiger partial charge in [0.2, 0.25) is 5.95 Å². The summed E-state index contributed by atoms with van der Waals surface area (Å²) >= 11 is 5.84. The highest BCUT2D eigenvalue weighted by molar-refractivity contribution is 6.30. The Morgan fingerprint density at radius 3 is 2.58 bits per heavy atom. The number of hydrogen-bond acceptors (Lipinski definition) is 5. The van der Waals surface area contributed by atoms with Crippen LogP contribution in [0, 0.1) is 23.5 Å². The van der Waals surface area contributed by atoms with E-state index in [1.165, 1.54) is 0 Å². The molecule has 31 heavy (non-hydrogen) atoms. The van der Waals surface area contributed by atoms with Crippen LogP contribution in [0.2, 0.25) is 5.02 Å². The maximum Gasteiger partial charge on any atom is 0.303 e. The summed E-state index contributed by atoms with van der Waals surface area (Å²) in [6.07, 6.45) is 5.59. The second-order valence-corrected chi connectivity index (χ2v) is 8.34. The molecule has 3 rings (SSSR count). The number of aromatic nitrogens is 2. The molecule has 0 radical (unpaired) electrons. The number of aliphatic carboxylic acids is 1. The summed E-state index contributed by atoms with van der Waals surface area (Å²) in [5.41, 5.74) is 0.0389. The topological polar surface area (TPSA) is 75.6 Å². The number of anilines is 1. The Hall–Kier alpha value is -2.48. The molecular weight excluding hydrogens is 428 g/mol. The Balaban J connectivity index is 1.45. The first-order valence-corrected chi connectivity index (χ1v) is 10.8. The fourth-order valence-corrected chi connectivity index (χ4v) is 3.94. The number of nitrogens with zero attached hydrogens (tertiary/aromatic N) is 3. The Morgan fingerprint density at radius 2 is 1.94 bits per heavy atom. The molecule has 1 atom stereocenters. The first kappa shape index (κ1) is 23.2. The zero-order valence-electron chi connectivity index (χ0n) is 17.4. The minimum Gasteiger partial charge on any atom is -0.490 e. The molecule has 0 aliphatic carbocycles. The standard InChI is InChI=1S/C22H26ClF2N3O3/c1-14(15-4-7-28(8-5-15)22-26-12-17(23)13-27-22)6-9-31-20-11-18(24)16(10-19(20)25)2-3-21(29)30/h10-15H,2-9H2,1H3,(H,29,30)/t14-/m1/s1. The molecule has 1 aromatic carbocycles. The van der Waals surface area contributed by atoms with Crippen molar-refractivity contribution in [3.63, 3.8) is 0 Å². The van der Waals surface area contributed by atoms with Crippen molar-refractivity contribution in [3.05, 3.63) is 46.7 Å². The molecule has 168 valence electrons. The Bertz CT molecular complexity index is 890. The van der Waals surface area contributed by atoms with Crippen LogP contribution < -0.4 is 9.64 Å². The van der Waals surface area contributed by atoms with Crippen molar-refractivity contribution in [2.45, 2.75) is 39.0 Å². The molecule has 0 bridgehead atoms. The molecule has 1 fully saturated rings. The summed E-state index contributed by atoms with van der Waals surface area (Å²) in [5, 5.41) is 9.21. The lowest BCUT2D eigenvalue weighted by Gasteiger charge is -2.34. The highest BCUT2D eigenvalue weighted by Gasteiger charge is 2.25. The van der Waals surface area contributed by atoms with Crippen molar-refractivity contribution >= 4 is 23.5 Å². The number of piperidine rings is 1. The van der Waals surface area contributed by atoms with Crippen LogP contribution in [0.4, 0.5) is 14.7 Å². The van der Waals surface area contributed by atoms with E-state index in [2.05, 4.69) is 21.8 Å². The number of hydrogen-bond donors (Lipinski definition) is 1. The molecule has 1 saturated heterocycles. The fourth-order valence-electron chi connectivity index (χ4n) is 3.84. The van der Waals surface area contributed by atoms with Crippen molar-refractivity contribution < 1.29 is 23.4 Å². The number of halogens is 3. The van der Waals surface area contributed by atoms with Crippen LogP contribution in [0.3, 0.4) is 0 Å². The zero-order valence-corrected chi connectivity index (χ0v) is 18.1. The second-order valence-electron chi connectivity index (χ2n) is 7.91. The van der Waals surface area contributed by atoms with E-state index in [9.17, 15) is 13.6 Å². The van der Waals surface area contributed by atoms with Crippen LogP contribution in [0.5, 0.6) is 5.75 Å². The first-order valence-electron chi connectivity index (χ1n) is 10.4. The van der Waals surface area contributed by atoms with Gasteiger partial charge in [-0.3, -0.25) is 4.79 Å². The van der Waals surface area contributed by atoms with Gasteiger partial charge in [0.05, 0.1) is 24.0 Å². The third kappa shape index (κ3) is 6.50. The molecule has 1 N–H and O–H groups in total. The maximum atomic E-state index is 14.2. The SMILES string of the molecule is C[C@H](CCOc1cc(F)c(CCC(=O)O)cc1F)C1CCN(c2ncc(Cl)cn2)CC1. The monoisotopic (exact) mass is 453 g/mol. The maximum absolute atomic E-state index is 14.2. The molecule has 9 heteroatoms. The van der Waals surface area contributed by atoms with Crippen molar-refractivity contribution in [1.82, 2.24) is 9.97 Å². The van der Waals surface area contributed by atoms with Gasteiger partial charge in [-0.15, -0.1) is 0 Å². The molecule has 0 unspecified atom stereocenters. The minimum atomic E-state index is -1.05.